The maximum Gasteiger partial charge on any atom is 0.174 e. The molecule has 0 radical (unpaired) electrons. The fourth-order valence-corrected chi connectivity index (χ4v) is 40.1. The van der Waals surface area contributed by atoms with E-state index in [9.17, 15) is 0 Å². The highest BCUT2D eigenvalue weighted by Gasteiger charge is 2.61. The van der Waals surface area contributed by atoms with Crippen molar-refractivity contribution in [1.82, 2.24) is 0 Å². The minimum atomic E-state index is -1.55. The van der Waals surface area contributed by atoms with Crippen molar-refractivity contribution in [2.45, 2.75) is 187 Å². The van der Waals surface area contributed by atoms with Gasteiger partial charge in [-0.25, -0.2) is 0 Å². The molecule has 0 aliphatic carbocycles. The van der Waals surface area contributed by atoms with Gasteiger partial charge in [0.15, 0.2) is 7.83 Å². The monoisotopic (exact) mass is 512 g/mol. The highest BCUT2D eigenvalue weighted by atomic mass is 29.6. The van der Waals surface area contributed by atoms with Crippen molar-refractivity contribution in [2.75, 3.05) is 0 Å². The highest BCUT2D eigenvalue weighted by molar-refractivity contribution is 7.67. The lowest BCUT2D eigenvalue weighted by Gasteiger charge is -2.59. The Kier molecular flexibility index (Phi) is 15.0. The largest absolute Gasteiger partial charge is 0.415 e. The molecule has 4 heteroatoms. The Bertz CT molecular complexity index is 503. The Morgan fingerprint density at radius 2 is 0.879 bits per heavy atom. The maximum atomic E-state index is 6.98. The molecule has 33 heavy (non-hydrogen) atoms. The molecule has 0 aromatic rings. The molecule has 0 bridgehead atoms. The molecule has 1 nitrogen and oxygen atoms in total. The molecule has 0 N–H and O–H groups in total. The Hall–Kier alpha value is 0.611. The molecule has 1 heterocycles. The summed E-state index contributed by atoms with van der Waals surface area (Å²) >= 11 is 0. The van der Waals surface area contributed by atoms with Crippen LogP contribution < -0.4 is 0 Å². The van der Waals surface area contributed by atoms with E-state index in [-0.39, 0.29) is 5.60 Å². The summed E-state index contributed by atoms with van der Waals surface area (Å²) in [5.74, 6) is 0. The van der Waals surface area contributed by atoms with Crippen molar-refractivity contribution in [3.63, 3.8) is 0 Å². The molecule has 198 valence electrons. The fraction of sp³-hybridized carbons (Fsp3) is 1.00. The molecule has 1 saturated heterocycles. The molecule has 0 saturated carbocycles. The first-order chi connectivity index (χ1) is 15.5. The van der Waals surface area contributed by atoms with Gasteiger partial charge >= 0.3 is 0 Å². The maximum absolute atomic E-state index is 6.98. The predicted molar refractivity (Wildman–Crippen MR) is 160 cm³/mol. The normalized spacial score (nSPS) is 23.6. The van der Waals surface area contributed by atoms with Crippen LogP contribution in [0.4, 0.5) is 0 Å². The van der Waals surface area contributed by atoms with Crippen molar-refractivity contribution in [2.24, 2.45) is 0 Å². The van der Waals surface area contributed by atoms with E-state index in [0.717, 1.165) is 0 Å². The average molecular weight is 513 g/mol. The Labute approximate surface area is 213 Å². The topological polar surface area (TPSA) is 9.23 Å². The molecule has 0 aromatic heterocycles. The van der Waals surface area contributed by atoms with E-state index in [1.165, 1.54) is 128 Å². The molecule has 1 rings (SSSR count). The van der Waals surface area contributed by atoms with Crippen LogP contribution in [0, 0.1) is 0 Å². The molecule has 1 atom stereocenters. The second kappa shape index (κ2) is 15.7. The minimum Gasteiger partial charge on any atom is -0.415 e. The Morgan fingerprint density at radius 3 is 1.24 bits per heavy atom. The standard InChI is InChI=1S/C29H64OSi3/c1-9-10-11-12-13-14-15-16-17-18-19-20-21-22-23-24-25-26-27-33(8)30-29(2,3)28-31(4,5)32(33,6)7/h9-28H2,1-8H3. The van der Waals surface area contributed by atoms with E-state index in [1.807, 2.05) is 0 Å². The third-order valence-electron chi connectivity index (χ3n) is 9.39. The van der Waals surface area contributed by atoms with Gasteiger partial charge in [-0.05, 0) is 32.5 Å². The van der Waals surface area contributed by atoms with Crippen LogP contribution in [0.1, 0.15) is 136 Å². The van der Waals surface area contributed by atoms with E-state index in [2.05, 4.69) is 53.5 Å². The van der Waals surface area contributed by atoms with E-state index >= 15 is 0 Å². The van der Waals surface area contributed by atoms with Gasteiger partial charge in [0.25, 0.3) is 0 Å². The van der Waals surface area contributed by atoms with Gasteiger partial charge in [-0.2, -0.15) is 0 Å². The number of rotatable bonds is 19. The average Bonchev–Trinajstić information content (AvgIpc) is 2.70. The van der Waals surface area contributed by atoms with Crippen molar-refractivity contribution in [1.29, 1.82) is 0 Å². The zero-order valence-electron chi connectivity index (χ0n) is 24.6. The van der Waals surface area contributed by atoms with Crippen molar-refractivity contribution in [3.8, 4) is 0 Å². The van der Waals surface area contributed by atoms with Gasteiger partial charge in [0.2, 0.25) is 0 Å². The molecule has 1 unspecified atom stereocenters. The van der Waals surface area contributed by atoms with Crippen molar-refractivity contribution < 1.29 is 4.43 Å². The number of unbranched alkanes of at least 4 members (excludes halogenated alkanes) is 17. The van der Waals surface area contributed by atoms with E-state index in [4.69, 9.17) is 4.43 Å². The molecular weight excluding hydrogens is 449 g/mol. The van der Waals surface area contributed by atoms with Crippen LogP contribution >= 0.6 is 0 Å². The van der Waals surface area contributed by atoms with Crippen LogP contribution in [-0.2, 0) is 4.43 Å². The van der Waals surface area contributed by atoms with E-state index in [1.54, 1.807) is 0 Å². The smallest absolute Gasteiger partial charge is 0.174 e. The summed E-state index contributed by atoms with van der Waals surface area (Å²) < 4.78 is 6.98. The predicted octanol–water partition coefficient (Wildman–Crippen LogP) is 11.0. The van der Waals surface area contributed by atoms with Gasteiger partial charge in [0.05, 0.1) is 7.11 Å². The third-order valence-corrected chi connectivity index (χ3v) is 50.0. The lowest BCUT2D eigenvalue weighted by molar-refractivity contribution is 0.120. The Balaban J connectivity index is 2.00. The Morgan fingerprint density at radius 1 is 0.545 bits per heavy atom. The molecule has 0 amide bonds. The second-order valence-electron chi connectivity index (χ2n) is 13.5. The number of hydrogen-bond acceptors (Lipinski definition) is 1. The van der Waals surface area contributed by atoms with Crippen molar-refractivity contribution in [3.05, 3.63) is 0 Å². The highest BCUT2D eigenvalue weighted by Crippen LogP contribution is 2.45. The zero-order chi connectivity index (χ0) is 24.8. The third kappa shape index (κ3) is 11.5. The SMILES string of the molecule is CCCCCCCCCCCCCCCCCCCC[Si]1(C)OC(C)(C)C[Si](C)(C)[Si]1(C)C. The first kappa shape index (κ1) is 31.6. The summed E-state index contributed by atoms with van der Waals surface area (Å²) in [4.78, 5) is 0. The van der Waals surface area contributed by atoms with Gasteiger partial charge in [-0.3, -0.25) is 0 Å². The summed E-state index contributed by atoms with van der Waals surface area (Å²) in [5.41, 5.74) is 0.146. The number of hydrogen-bond donors (Lipinski definition) is 0. The van der Waals surface area contributed by atoms with Crippen LogP contribution in [0.2, 0.25) is 44.8 Å². The molecule has 1 aliphatic rings. The van der Waals surface area contributed by atoms with E-state index < -0.39 is 22.5 Å². The van der Waals surface area contributed by atoms with Crippen LogP contribution in [0.5, 0.6) is 0 Å². The van der Waals surface area contributed by atoms with Crippen molar-refractivity contribution >= 4 is 22.5 Å². The van der Waals surface area contributed by atoms with Gasteiger partial charge in [-0.1, -0.05) is 149 Å². The summed E-state index contributed by atoms with van der Waals surface area (Å²) in [7, 11) is -3.89. The molecule has 0 aromatic carbocycles. The van der Waals surface area contributed by atoms with Gasteiger partial charge < -0.3 is 4.43 Å². The van der Waals surface area contributed by atoms with Gasteiger partial charge in [0.1, 0.15) is 0 Å². The lowest BCUT2D eigenvalue weighted by Crippen LogP contribution is -2.78. The summed E-state index contributed by atoms with van der Waals surface area (Å²) in [6, 6.07) is 2.81. The zero-order valence-corrected chi connectivity index (χ0v) is 27.6. The van der Waals surface area contributed by atoms with Crippen LogP contribution in [0.25, 0.3) is 0 Å². The van der Waals surface area contributed by atoms with Crippen LogP contribution in [-0.4, -0.2) is 28.1 Å². The van der Waals surface area contributed by atoms with Gasteiger partial charge in [0, 0.05) is 13.2 Å². The first-order valence-corrected chi connectivity index (χ1v) is 26.0. The molecule has 0 spiro atoms. The van der Waals surface area contributed by atoms with E-state index in [0.29, 0.717) is 0 Å². The molecule has 1 aliphatic heterocycles. The quantitative estimate of drug-likeness (QED) is 0.123. The molecule has 1 fully saturated rings. The molecular formula is C29H64OSi3. The van der Waals surface area contributed by atoms with Crippen LogP contribution in [0.3, 0.4) is 0 Å². The fourth-order valence-electron chi connectivity index (χ4n) is 6.50. The first-order valence-electron chi connectivity index (χ1n) is 15.2. The lowest BCUT2D eigenvalue weighted by atomic mass is 10.0. The van der Waals surface area contributed by atoms with Gasteiger partial charge in [-0.15, -0.1) is 0 Å². The summed E-state index contributed by atoms with van der Waals surface area (Å²) in [6.07, 6.45) is 26.3. The minimum absolute atomic E-state index is 0.146. The van der Waals surface area contributed by atoms with Crippen LogP contribution in [0.15, 0.2) is 0 Å². The summed E-state index contributed by atoms with van der Waals surface area (Å²) in [5, 5.41) is 0. The second-order valence-corrected chi connectivity index (χ2v) is 40.3. The summed E-state index contributed by atoms with van der Waals surface area (Å²) in [6.45, 7) is 20.5.